The fraction of sp³-hybridized carbons (Fsp3) is 0.0370. The van der Waals surface area contributed by atoms with Crippen molar-refractivity contribution in [3.05, 3.63) is 99.1 Å². The lowest BCUT2D eigenvalue weighted by Gasteiger charge is -2.15. The summed E-state index contributed by atoms with van der Waals surface area (Å²) in [4.78, 5) is 33.8. The summed E-state index contributed by atoms with van der Waals surface area (Å²) in [6.45, 7) is 0. The van der Waals surface area contributed by atoms with Crippen LogP contribution in [-0.4, -0.2) is 40.1 Å². The molecule has 0 fully saturated rings. The van der Waals surface area contributed by atoms with Gasteiger partial charge in [0.2, 0.25) is 0 Å². The molecule has 0 spiro atoms. The van der Waals surface area contributed by atoms with Crippen LogP contribution in [0.25, 0.3) is 49.9 Å². The largest absolute Gasteiger partial charge is 0.417 e. The highest BCUT2D eigenvalue weighted by molar-refractivity contribution is 5.96. The lowest BCUT2D eigenvalue weighted by atomic mass is 10.0. The molecule has 0 radical (unpaired) electrons. The zero-order valence-electron chi connectivity index (χ0n) is 20.6. The molecular weight excluding hydrogens is 539 g/mol. The maximum absolute atomic E-state index is 14.3. The second-order valence-electron chi connectivity index (χ2n) is 9.09. The number of halogens is 3. The van der Waals surface area contributed by atoms with Gasteiger partial charge in [0.25, 0.3) is 11.1 Å². The van der Waals surface area contributed by atoms with E-state index in [1.54, 1.807) is 48.5 Å². The van der Waals surface area contributed by atoms with Gasteiger partial charge < -0.3 is 5.32 Å². The average molecular weight is 555 g/mol. The van der Waals surface area contributed by atoms with Gasteiger partial charge in [-0.1, -0.05) is 30.3 Å². The van der Waals surface area contributed by atoms with Crippen molar-refractivity contribution in [3.8, 4) is 17.1 Å². The van der Waals surface area contributed by atoms with E-state index in [9.17, 15) is 22.8 Å². The van der Waals surface area contributed by atoms with Gasteiger partial charge in [0.15, 0.2) is 17.2 Å². The van der Waals surface area contributed by atoms with Crippen LogP contribution < -0.4 is 16.4 Å². The van der Waals surface area contributed by atoms with Crippen LogP contribution in [0.5, 0.6) is 0 Å². The summed E-state index contributed by atoms with van der Waals surface area (Å²) in [5.74, 6) is 0.0811. The topological polar surface area (TPSA) is 150 Å². The SMILES string of the molecule is O=c1[nH][nH]c2ccc(-c3nc(Nc4n[nH]c5cc(=O)n(-c6ccccc6)nc45)c4ccccc4n3)c(C(F)(F)F)c12. The minimum absolute atomic E-state index is 0.00347. The Kier molecular flexibility index (Phi) is 5.25. The third kappa shape index (κ3) is 4.00. The molecule has 202 valence electrons. The van der Waals surface area contributed by atoms with E-state index in [4.69, 9.17) is 0 Å². The molecule has 4 aromatic heterocycles. The first kappa shape index (κ1) is 24.3. The predicted octanol–water partition coefficient (Wildman–Crippen LogP) is 4.65. The van der Waals surface area contributed by atoms with E-state index < -0.39 is 22.7 Å². The zero-order chi connectivity index (χ0) is 28.3. The minimum atomic E-state index is -4.88. The Labute approximate surface area is 225 Å². The van der Waals surface area contributed by atoms with Crippen LogP contribution in [0.1, 0.15) is 5.56 Å². The first-order valence-corrected chi connectivity index (χ1v) is 12.2. The van der Waals surface area contributed by atoms with Crippen molar-refractivity contribution in [1.29, 1.82) is 0 Å². The number of benzene rings is 3. The molecule has 0 saturated carbocycles. The van der Waals surface area contributed by atoms with Gasteiger partial charge in [-0.3, -0.25) is 24.9 Å². The number of H-pyrrole nitrogens is 3. The number of nitrogens with zero attached hydrogens (tertiary/aromatic N) is 5. The number of hydrogen-bond acceptors (Lipinski definition) is 7. The van der Waals surface area contributed by atoms with Crippen LogP contribution in [-0.2, 0) is 6.18 Å². The van der Waals surface area contributed by atoms with E-state index in [1.807, 2.05) is 6.07 Å². The number of aromatic amines is 3. The van der Waals surface area contributed by atoms with Gasteiger partial charge >= 0.3 is 6.18 Å². The smallest absolute Gasteiger partial charge is 0.321 e. The normalized spacial score (nSPS) is 12.0. The number of alkyl halides is 3. The first-order valence-electron chi connectivity index (χ1n) is 12.2. The Morgan fingerprint density at radius 3 is 2.41 bits per heavy atom. The molecule has 0 aliphatic heterocycles. The molecule has 7 aromatic rings. The van der Waals surface area contributed by atoms with Crippen molar-refractivity contribution in [2.45, 2.75) is 6.18 Å². The van der Waals surface area contributed by atoms with Crippen LogP contribution in [0.15, 0.2) is 82.4 Å². The number of hydrogen-bond donors (Lipinski definition) is 4. The lowest BCUT2D eigenvalue weighted by molar-refractivity contribution is -0.135. The van der Waals surface area contributed by atoms with Crippen molar-refractivity contribution in [2.24, 2.45) is 0 Å². The fourth-order valence-corrected chi connectivity index (χ4v) is 4.74. The summed E-state index contributed by atoms with van der Waals surface area (Å²) in [7, 11) is 0. The van der Waals surface area contributed by atoms with Gasteiger partial charge in [0, 0.05) is 17.0 Å². The summed E-state index contributed by atoms with van der Waals surface area (Å²) < 4.78 is 44.2. The molecule has 0 saturated heterocycles. The molecule has 14 heteroatoms. The monoisotopic (exact) mass is 555 g/mol. The molecule has 0 aliphatic rings. The highest BCUT2D eigenvalue weighted by Crippen LogP contribution is 2.40. The van der Waals surface area contributed by atoms with E-state index in [-0.39, 0.29) is 34.1 Å². The number of anilines is 2. The van der Waals surface area contributed by atoms with Gasteiger partial charge in [0.1, 0.15) is 5.82 Å². The Morgan fingerprint density at radius 1 is 0.829 bits per heavy atom. The van der Waals surface area contributed by atoms with Gasteiger partial charge in [-0.05, 0) is 36.4 Å². The summed E-state index contributed by atoms with van der Waals surface area (Å²) in [6, 6.07) is 19.5. The van der Waals surface area contributed by atoms with Crippen molar-refractivity contribution in [3.63, 3.8) is 0 Å². The number of rotatable bonds is 4. The molecule has 3 aromatic carbocycles. The summed E-state index contributed by atoms with van der Waals surface area (Å²) >= 11 is 0. The summed E-state index contributed by atoms with van der Waals surface area (Å²) in [5.41, 5.74) is -1.28. The number of fused-ring (bicyclic) bond motifs is 3. The van der Waals surface area contributed by atoms with Crippen LogP contribution in [0.4, 0.5) is 24.8 Å². The molecule has 0 bridgehead atoms. The highest BCUT2D eigenvalue weighted by atomic mass is 19.4. The van der Waals surface area contributed by atoms with Gasteiger partial charge in [-0.25, -0.2) is 9.97 Å². The quantitative estimate of drug-likeness (QED) is 0.247. The fourth-order valence-electron chi connectivity index (χ4n) is 4.74. The maximum atomic E-state index is 14.3. The molecule has 0 amide bonds. The third-order valence-electron chi connectivity index (χ3n) is 6.55. The van der Waals surface area contributed by atoms with E-state index in [0.717, 1.165) is 0 Å². The molecule has 41 heavy (non-hydrogen) atoms. The Bertz CT molecular complexity index is 2230. The maximum Gasteiger partial charge on any atom is 0.417 e. The molecule has 4 heterocycles. The predicted molar refractivity (Wildman–Crippen MR) is 145 cm³/mol. The van der Waals surface area contributed by atoms with E-state index in [2.05, 4.69) is 40.8 Å². The Balaban J connectivity index is 1.42. The van der Waals surface area contributed by atoms with Crippen molar-refractivity contribution < 1.29 is 13.2 Å². The summed E-state index contributed by atoms with van der Waals surface area (Å²) in [5, 5.41) is 19.1. The summed E-state index contributed by atoms with van der Waals surface area (Å²) in [6.07, 6.45) is -4.88. The van der Waals surface area contributed by atoms with E-state index in [1.165, 1.54) is 22.9 Å². The van der Waals surface area contributed by atoms with Crippen molar-refractivity contribution in [1.82, 2.24) is 40.1 Å². The molecule has 0 atom stereocenters. The third-order valence-corrected chi connectivity index (χ3v) is 6.55. The molecular formula is C27H16F3N9O2. The average Bonchev–Trinajstić information content (AvgIpc) is 3.54. The Hall–Kier alpha value is -5.79. The van der Waals surface area contributed by atoms with E-state index >= 15 is 0 Å². The standard InChI is InChI=1S/C27H16F3N9O2/c28-27(29,30)21-15(10-11-17-20(21)26(41)37-34-17)24-31-16-9-5-4-8-14(16)23(32-24)33-25-22-18(35-36-25)12-19(40)39(38-22)13-6-2-1-3-7-13/h1-12,35H,(H2,34,37,41)(H,31,32,33,36). The van der Waals surface area contributed by atoms with Crippen molar-refractivity contribution in [2.75, 3.05) is 5.32 Å². The number of aromatic nitrogens is 8. The molecule has 11 nitrogen and oxygen atoms in total. The van der Waals surface area contributed by atoms with Gasteiger partial charge in [0.05, 0.1) is 33.2 Å². The van der Waals surface area contributed by atoms with Crippen molar-refractivity contribution >= 4 is 44.5 Å². The van der Waals surface area contributed by atoms with Crippen LogP contribution in [0.3, 0.4) is 0 Å². The van der Waals surface area contributed by atoms with Gasteiger partial charge in [-0.2, -0.15) is 28.1 Å². The zero-order valence-corrected chi connectivity index (χ0v) is 20.6. The second-order valence-corrected chi connectivity index (χ2v) is 9.09. The number of para-hydroxylation sites is 2. The van der Waals surface area contributed by atoms with Crippen LogP contribution in [0, 0.1) is 0 Å². The molecule has 0 aliphatic carbocycles. The minimum Gasteiger partial charge on any atom is -0.321 e. The van der Waals surface area contributed by atoms with Crippen LogP contribution in [0.2, 0.25) is 0 Å². The lowest BCUT2D eigenvalue weighted by Crippen LogP contribution is -2.20. The van der Waals surface area contributed by atoms with E-state index in [0.29, 0.717) is 27.6 Å². The second kappa shape index (κ2) is 8.87. The van der Waals surface area contributed by atoms with Crippen LogP contribution >= 0.6 is 0 Å². The Morgan fingerprint density at radius 2 is 1.61 bits per heavy atom. The molecule has 0 unspecified atom stereocenters. The first-order chi connectivity index (χ1) is 19.8. The molecule has 4 N–H and O–H groups in total. The molecule has 7 rings (SSSR count). The van der Waals surface area contributed by atoms with Gasteiger partial charge in [-0.15, -0.1) is 0 Å². The highest BCUT2D eigenvalue weighted by Gasteiger charge is 2.38. The number of nitrogens with one attached hydrogen (secondary N) is 4.